The Labute approximate surface area is 154 Å². The summed E-state index contributed by atoms with van der Waals surface area (Å²) in [5.74, 6) is -1.12. The normalized spacial score (nSPS) is 12.2. The average Bonchev–Trinajstić information content (AvgIpc) is 3.30. The van der Waals surface area contributed by atoms with E-state index in [0.717, 1.165) is 5.69 Å². The van der Waals surface area contributed by atoms with Gasteiger partial charge in [0.2, 0.25) is 0 Å². The van der Waals surface area contributed by atoms with Crippen LogP contribution in [-0.4, -0.2) is 20.3 Å². The molecular formula is C20H17N3O4. The molecule has 136 valence electrons. The van der Waals surface area contributed by atoms with Crippen LogP contribution < -0.4 is 5.76 Å². The van der Waals surface area contributed by atoms with Gasteiger partial charge in [-0.15, -0.1) is 0 Å². The van der Waals surface area contributed by atoms with Gasteiger partial charge in [0.25, 0.3) is 0 Å². The van der Waals surface area contributed by atoms with Crippen LogP contribution in [0.2, 0.25) is 0 Å². The largest absolute Gasteiger partial charge is 0.458 e. The molecule has 0 aliphatic carbocycles. The number of ether oxygens (including phenoxy) is 1. The summed E-state index contributed by atoms with van der Waals surface area (Å²) in [7, 11) is 0. The quantitative estimate of drug-likeness (QED) is 0.509. The Morgan fingerprint density at radius 3 is 2.67 bits per heavy atom. The van der Waals surface area contributed by atoms with Gasteiger partial charge in [-0.2, -0.15) is 5.10 Å². The first-order chi connectivity index (χ1) is 13.1. The number of hydrogen-bond donors (Lipinski definition) is 0. The van der Waals surface area contributed by atoms with Crippen molar-refractivity contribution in [3.63, 3.8) is 0 Å². The van der Waals surface area contributed by atoms with E-state index in [1.54, 1.807) is 48.1 Å². The zero-order valence-electron chi connectivity index (χ0n) is 14.6. The Hall–Kier alpha value is -3.61. The minimum atomic E-state index is -0.808. The van der Waals surface area contributed by atoms with Gasteiger partial charge >= 0.3 is 11.7 Å². The molecule has 7 heteroatoms. The van der Waals surface area contributed by atoms with E-state index in [0.29, 0.717) is 16.8 Å². The van der Waals surface area contributed by atoms with Crippen molar-refractivity contribution in [1.29, 1.82) is 0 Å². The third kappa shape index (κ3) is 3.27. The van der Waals surface area contributed by atoms with Crippen LogP contribution in [0.1, 0.15) is 18.7 Å². The highest BCUT2D eigenvalue weighted by molar-refractivity contribution is 5.79. The van der Waals surface area contributed by atoms with Gasteiger partial charge in [0.05, 0.1) is 11.2 Å². The van der Waals surface area contributed by atoms with E-state index in [-0.39, 0.29) is 6.61 Å². The van der Waals surface area contributed by atoms with Crippen LogP contribution in [0.15, 0.2) is 76.1 Å². The second kappa shape index (κ2) is 6.95. The van der Waals surface area contributed by atoms with Crippen molar-refractivity contribution in [3.05, 3.63) is 83.1 Å². The molecule has 0 aliphatic heterocycles. The number of oxazole rings is 1. The summed E-state index contributed by atoms with van der Waals surface area (Å²) < 4.78 is 13.5. The zero-order chi connectivity index (χ0) is 18.8. The Bertz CT molecular complexity index is 1140. The predicted molar refractivity (Wildman–Crippen MR) is 98.5 cm³/mol. The lowest BCUT2D eigenvalue weighted by atomic mass is 10.3. The molecule has 2 aromatic heterocycles. The van der Waals surface area contributed by atoms with Gasteiger partial charge in [-0.05, 0) is 37.3 Å². The first-order valence-electron chi connectivity index (χ1n) is 8.50. The van der Waals surface area contributed by atoms with E-state index in [1.807, 2.05) is 30.3 Å². The highest BCUT2D eigenvalue weighted by atomic mass is 16.5. The maximum Gasteiger partial charge on any atom is 0.420 e. The fourth-order valence-corrected chi connectivity index (χ4v) is 2.89. The Morgan fingerprint density at radius 2 is 1.85 bits per heavy atom. The number of carbonyl (C=O) groups is 1. The molecule has 27 heavy (non-hydrogen) atoms. The summed E-state index contributed by atoms with van der Waals surface area (Å²) in [5.41, 5.74) is 2.52. The molecule has 1 unspecified atom stereocenters. The van der Waals surface area contributed by atoms with E-state index in [9.17, 15) is 9.59 Å². The minimum Gasteiger partial charge on any atom is -0.458 e. The number of para-hydroxylation sites is 3. The molecular weight excluding hydrogens is 346 g/mol. The molecule has 1 atom stereocenters. The molecule has 4 rings (SSSR count). The number of fused-ring (bicyclic) bond motifs is 1. The average molecular weight is 363 g/mol. The number of aromatic nitrogens is 3. The molecule has 0 aliphatic rings. The molecule has 0 radical (unpaired) electrons. The van der Waals surface area contributed by atoms with Crippen molar-refractivity contribution in [2.24, 2.45) is 0 Å². The molecule has 0 N–H and O–H groups in total. The molecule has 4 aromatic rings. The Balaban J connectivity index is 1.47. The summed E-state index contributed by atoms with van der Waals surface area (Å²) in [6.45, 7) is 1.63. The number of esters is 1. The van der Waals surface area contributed by atoms with Crippen LogP contribution in [0.5, 0.6) is 0 Å². The highest BCUT2D eigenvalue weighted by Gasteiger charge is 2.22. The zero-order valence-corrected chi connectivity index (χ0v) is 14.6. The van der Waals surface area contributed by atoms with Crippen molar-refractivity contribution in [2.45, 2.75) is 19.6 Å². The molecule has 2 heterocycles. The van der Waals surface area contributed by atoms with Gasteiger partial charge in [-0.3, -0.25) is 4.57 Å². The summed E-state index contributed by atoms with van der Waals surface area (Å²) in [4.78, 5) is 24.5. The van der Waals surface area contributed by atoms with E-state index in [1.165, 1.54) is 4.57 Å². The molecule has 7 nitrogen and oxygen atoms in total. The Kier molecular flexibility index (Phi) is 4.33. The second-order valence-electron chi connectivity index (χ2n) is 6.08. The van der Waals surface area contributed by atoms with Crippen molar-refractivity contribution < 1.29 is 13.9 Å². The first-order valence-corrected chi connectivity index (χ1v) is 8.50. The van der Waals surface area contributed by atoms with Crippen LogP contribution in [0.25, 0.3) is 16.8 Å². The fourth-order valence-electron chi connectivity index (χ4n) is 2.89. The maximum atomic E-state index is 12.4. The van der Waals surface area contributed by atoms with Crippen molar-refractivity contribution in [3.8, 4) is 5.69 Å². The lowest BCUT2D eigenvalue weighted by Crippen LogP contribution is -2.26. The van der Waals surface area contributed by atoms with Crippen molar-refractivity contribution in [2.75, 3.05) is 0 Å². The number of carbonyl (C=O) groups excluding carboxylic acids is 1. The fraction of sp³-hybridized carbons (Fsp3) is 0.150. The van der Waals surface area contributed by atoms with Gasteiger partial charge in [-0.1, -0.05) is 30.3 Å². The van der Waals surface area contributed by atoms with E-state index in [4.69, 9.17) is 9.15 Å². The standard InChI is InChI=1S/C20H17N3O4/c1-14(23-17-9-5-6-10-18(17)27-20(23)25)19(24)26-13-15-11-12-22(21-15)16-7-3-2-4-8-16/h2-12,14H,13H2,1H3. The number of rotatable bonds is 5. The smallest absolute Gasteiger partial charge is 0.420 e. The number of hydrogen-bond acceptors (Lipinski definition) is 5. The molecule has 0 bridgehead atoms. The topological polar surface area (TPSA) is 79.3 Å². The molecule has 0 saturated carbocycles. The summed E-state index contributed by atoms with van der Waals surface area (Å²) in [5, 5.41) is 4.39. The molecule has 0 amide bonds. The lowest BCUT2D eigenvalue weighted by molar-refractivity contribution is -0.148. The van der Waals surface area contributed by atoms with Gasteiger partial charge in [0, 0.05) is 6.20 Å². The van der Waals surface area contributed by atoms with Crippen LogP contribution in [-0.2, 0) is 16.1 Å². The van der Waals surface area contributed by atoms with E-state index >= 15 is 0 Å². The van der Waals surface area contributed by atoms with Crippen molar-refractivity contribution in [1.82, 2.24) is 14.3 Å². The predicted octanol–water partition coefficient (Wildman–Crippen LogP) is 3.08. The van der Waals surface area contributed by atoms with Gasteiger partial charge < -0.3 is 9.15 Å². The third-order valence-corrected chi connectivity index (χ3v) is 4.27. The van der Waals surface area contributed by atoms with E-state index < -0.39 is 17.8 Å². The molecule has 0 fully saturated rings. The SMILES string of the molecule is CC(C(=O)OCc1ccn(-c2ccccc2)n1)n1c(=O)oc2ccccc21. The summed E-state index contributed by atoms with van der Waals surface area (Å²) in [6.07, 6.45) is 1.80. The van der Waals surface area contributed by atoms with Crippen LogP contribution in [0, 0.1) is 0 Å². The van der Waals surface area contributed by atoms with Crippen LogP contribution in [0.4, 0.5) is 0 Å². The third-order valence-electron chi connectivity index (χ3n) is 4.27. The van der Waals surface area contributed by atoms with Gasteiger partial charge in [-0.25, -0.2) is 14.3 Å². The summed E-state index contributed by atoms with van der Waals surface area (Å²) in [6, 6.07) is 17.6. The lowest BCUT2D eigenvalue weighted by Gasteiger charge is -2.11. The molecule has 2 aromatic carbocycles. The molecule has 0 saturated heterocycles. The second-order valence-corrected chi connectivity index (χ2v) is 6.08. The van der Waals surface area contributed by atoms with Crippen LogP contribution >= 0.6 is 0 Å². The molecule has 0 spiro atoms. The number of benzene rings is 2. The number of nitrogens with zero attached hydrogens (tertiary/aromatic N) is 3. The first kappa shape index (κ1) is 16.8. The monoisotopic (exact) mass is 363 g/mol. The van der Waals surface area contributed by atoms with Crippen LogP contribution in [0.3, 0.4) is 0 Å². The van der Waals surface area contributed by atoms with Crippen molar-refractivity contribution >= 4 is 17.1 Å². The Morgan fingerprint density at radius 1 is 1.11 bits per heavy atom. The van der Waals surface area contributed by atoms with Gasteiger partial charge in [0.1, 0.15) is 18.3 Å². The highest BCUT2D eigenvalue weighted by Crippen LogP contribution is 2.18. The van der Waals surface area contributed by atoms with E-state index in [2.05, 4.69) is 5.10 Å². The minimum absolute atomic E-state index is 0.0214. The summed E-state index contributed by atoms with van der Waals surface area (Å²) >= 11 is 0. The van der Waals surface area contributed by atoms with Gasteiger partial charge in [0.15, 0.2) is 5.58 Å². The maximum absolute atomic E-state index is 12.4.